The van der Waals surface area contributed by atoms with E-state index in [4.69, 9.17) is 37.0 Å². The van der Waals surface area contributed by atoms with Crippen LogP contribution in [0.25, 0.3) is 0 Å². The van der Waals surface area contributed by atoms with Gasteiger partial charge in [0.15, 0.2) is 12.2 Å². The van der Waals surface area contributed by atoms with Crippen LogP contribution in [-0.2, 0) is 65.4 Å². The Labute approximate surface area is 548 Å². The molecule has 0 aliphatic rings. The standard InChI is InChI=1S/C71H134O17P2/c1-7-9-11-13-15-17-19-21-22-24-26-30-36-43-49-55-70(75)87-66(59-81-68(73)53-47-41-35-29-25-23-20-18-16-14-12-10-8-2)61-85-89(77,78)83-57-65(72)58-84-90(79,80)86-62-67(60-82-69(74)54-48-42-38-32-34-40-46-52-64(5)6)88-71(76)56-50-44-37-31-27-28-33-39-45-51-63(3)4/h17,19,21-22,63-67,72H,7-16,18,20,23-62H2,1-6H3,(H,77,78)(H,79,80)/b19-17-,22-21-/t65-,66-,67-/m1/s1. The van der Waals surface area contributed by atoms with Crippen LogP contribution in [0.5, 0.6) is 0 Å². The Bertz CT molecular complexity index is 1850. The quantitative estimate of drug-likeness (QED) is 0.0169. The summed E-state index contributed by atoms with van der Waals surface area (Å²) in [6.45, 7) is 9.41. The van der Waals surface area contributed by atoms with Gasteiger partial charge in [-0.1, -0.05) is 284 Å². The first kappa shape index (κ1) is 87.5. The van der Waals surface area contributed by atoms with Gasteiger partial charge in [-0.3, -0.25) is 37.3 Å². The van der Waals surface area contributed by atoms with Crippen molar-refractivity contribution in [3.63, 3.8) is 0 Å². The van der Waals surface area contributed by atoms with Gasteiger partial charge >= 0.3 is 39.5 Å². The van der Waals surface area contributed by atoms with E-state index in [2.05, 4.69) is 65.8 Å². The van der Waals surface area contributed by atoms with Crippen LogP contribution in [0.15, 0.2) is 24.3 Å². The van der Waals surface area contributed by atoms with Gasteiger partial charge in [-0.15, -0.1) is 0 Å². The highest BCUT2D eigenvalue weighted by Crippen LogP contribution is 2.45. The van der Waals surface area contributed by atoms with Gasteiger partial charge in [0.05, 0.1) is 26.4 Å². The molecular weight excluding hydrogens is 1190 g/mol. The number of aliphatic hydroxyl groups excluding tert-OH is 1. The Kier molecular flexibility index (Phi) is 60.9. The van der Waals surface area contributed by atoms with Crippen molar-refractivity contribution in [1.29, 1.82) is 0 Å². The van der Waals surface area contributed by atoms with Crippen molar-refractivity contribution >= 4 is 39.5 Å². The zero-order chi connectivity index (χ0) is 66.5. The Morgan fingerprint density at radius 2 is 0.600 bits per heavy atom. The molecule has 0 saturated heterocycles. The molecule has 0 saturated carbocycles. The number of unbranched alkanes of at least 4 members (excludes halogenated alkanes) is 35. The van der Waals surface area contributed by atoms with E-state index in [0.29, 0.717) is 31.6 Å². The van der Waals surface area contributed by atoms with Gasteiger partial charge < -0.3 is 33.8 Å². The molecule has 0 aliphatic heterocycles. The van der Waals surface area contributed by atoms with E-state index in [1.807, 2.05) is 0 Å². The van der Waals surface area contributed by atoms with E-state index in [-0.39, 0.29) is 25.7 Å². The van der Waals surface area contributed by atoms with Crippen LogP contribution < -0.4 is 0 Å². The molecule has 530 valence electrons. The maximum atomic E-state index is 13.0. The summed E-state index contributed by atoms with van der Waals surface area (Å²) >= 11 is 0. The monoisotopic (exact) mass is 1320 g/mol. The molecule has 0 heterocycles. The fourth-order valence-corrected chi connectivity index (χ4v) is 11.8. The average Bonchev–Trinajstić information content (AvgIpc) is 3.71. The van der Waals surface area contributed by atoms with Gasteiger partial charge in [0, 0.05) is 25.7 Å². The van der Waals surface area contributed by atoms with Crippen molar-refractivity contribution in [2.24, 2.45) is 11.8 Å². The summed E-state index contributed by atoms with van der Waals surface area (Å²) in [5, 5.41) is 10.6. The molecule has 90 heavy (non-hydrogen) atoms. The van der Waals surface area contributed by atoms with Gasteiger partial charge in [-0.2, -0.15) is 0 Å². The molecule has 0 aromatic heterocycles. The Balaban J connectivity index is 5.29. The molecule has 0 amide bonds. The van der Waals surface area contributed by atoms with Crippen LogP contribution in [0.2, 0.25) is 0 Å². The molecule has 0 radical (unpaired) electrons. The summed E-state index contributed by atoms with van der Waals surface area (Å²) in [6.07, 6.45) is 50.8. The fraction of sp³-hybridized carbons (Fsp3) is 0.887. The number of hydrogen-bond donors (Lipinski definition) is 3. The summed E-state index contributed by atoms with van der Waals surface area (Å²) in [7, 11) is -9.91. The maximum absolute atomic E-state index is 13.0. The van der Waals surface area contributed by atoms with E-state index in [1.54, 1.807) is 0 Å². The minimum Gasteiger partial charge on any atom is -0.462 e. The van der Waals surface area contributed by atoms with E-state index in [1.165, 1.54) is 135 Å². The number of ether oxygens (including phenoxy) is 4. The number of rotatable bonds is 68. The third kappa shape index (κ3) is 64.3. The first-order valence-corrected chi connectivity index (χ1v) is 39.3. The van der Waals surface area contributed by atoms with E-state index in [0.717, 1.165) is 115 Å². The number of aliphatic hydroxyl groups is 1. The van der Waals surface area contributed by atoms with Crippen LogP contribution in [0.4, 0.5) is 0 Å². The van der Waals surface area contributed by atoms with Crippen LogP contribution in [0.3, 0.4) is 0 Å². The van der Waals surface area contributed by atoms with Gasteiger partial charge in [-0.05, 0) is 63.2 Å². The third-order valence-electron chi connectivity index (χ3n) is 15.8. The van der Waals surface area contributed by atoms with Crippen LogP contribution in [0, 0.1) is 11.8 Å². The van der Waals surface area contributed by atoms with Crippen LogP contribution in [0.1, 0.15) is 337 Å². The lowest BCUT2D eigenvalue weighted by atomic mass is 10.0. The minimum atomic E-state index is -4.96. The molecule has 0 aromatic carbocycles. The van der Waals surface area contributed by atoms with Gasteiger partial charge in [0.1, 0.15) is 19.3 Å². The topological polar surface area (TPSA) is 237 Å². The lowest BCUT2D eigenvalue weighted by Crippen LogP contribution is -2.30. The number of hydrogen-bond acceptors (Lipinski definition) is 15. The summed E-state index contributed by atoms with van der Waals surface area (Å²) in [4.78, 5) is 72.5. The highest BCUT2D eigenvalue weighted by molar-refractivity contribution is 7.47. The Hall–Kier alpha value is -2.46. The summed E-state index contributed by atoms with van der Waals surface area (Å²) in [6, 6.07) is 0. The maximum Gasteiger partial charge on any atom is 0.472 e. The number of carbonyl (C=O) groups excluding carboxylic acids is 4. The van der Waals surface area contributed by atoms with Crippen molar-refractivity contribution in [2.75, 3.05) is 39.6 Å². The molecule has 17 nitrogen and oxygen atoms in total. The van der Waals surface area contributed by atoms with Gasteiger partial charge in [0.2, 0.25) is 0 Å². The number of allylic oxidation sites excluding steroid dienone is 4. The number of phosphoric ester groups is 2. The number of esters is 4. The van der Waals surface area contributed by atoms with Crippen molar-refractivity contribution in [3.05, 3.63) is 24.3 Å². The lowest BCUT2D eigenvalue weighted by molar-refractivity contribution is -0.161. The third-order valence-corrected chi connectivity index (χ3v) is 17.7. The Morgan fingerprint density at radius 3 is 0.911 bits per heavy atom. The first-order chi connectivity index (χ1) is 43.4. The zero-order valence-corrected chi connectivity index (χ0v) is 59.7. The van der Waals surface area contributed by atoms with Crippen molar-refractivity contribution in [2.45, 2.75) is 355 Å². The fourth-order valence-electron chi connectivity index (χ4n) is 10.2. The largest absolute Gasteiger partial charge is 0.472 e. The SMILES string of the molecule is CCCCCC/C=C\C=C/CCCCCCCC(=O)O[C@H](COC(=O)CCCCCCCCCCCCCCC)COP(=O)(O)OC[C@@H](O)COP(=O)(O)OC[C@@H](COC(=O)CCCCCCCCCC(C)C)OC(=O)CCCCCCCCCCCC(C)C. The molecule has 3 N–H and O–H groups in total. The van der Waals surface area contributed by atoms with Gasteiger partial charge in [0.25, 0.3) is 0 Å². The molecule has 0 aliphatic carbocycles. The minimum absolute atomic E-state index is 0.0851. The smallest absolute Gasteiger partial charge is 0.462 e. The van der Waals surface area contributed by atoms with Crippen LogP contribution in [-0.4, -0.2) is 96.7 Å². The normalized spacial score (nSPS) is 14.3. The molecular formula is C71H134O17P2. The average molecular weight is 1320 g/mol. The molecule has 0 rings (SSSR count). The Morgan fingerprint density at radius 1 is 0.344 bits per heavy atom. The second-order valence-corrected chi connectivity index (χ2v) is 28.8. The number of phosphoric acid groups is 2. The van der Waals surface area contributed by atoms with E-state index >= 15 is 0 Å². The predicted octanol–water partition coefficient (Wildman–Crippen LogP) is 19.9. The van der Waals surface area contributed by atoms with E-state index in [9.17, 15) is 43.2 Å². The number of carbonyl (C=O) groups is 4. The van der Waals surface area contributed by atoms with Crippen molar-refractivity contribution < 1.29 is 80.2 Å². The highest BCUT2D eigenvalue weighted by Gasteiger charge is 2.30. The second kappa shape index (κ2) is 62.6. The summed E-state index contributed by atoms with van der Waals surface area (Å²) < 4.78 is 68.3. The summed E-state index contributed by atoms with van der Waals surface area (Å²) in [5.41, 5.74) is 0. The molecule has 0 bridgehead atoms. The zero-order valence-electron chi connectivity index (χ0n) is 57.9. The van der Waals surface area contributed by atoms with Crippen LogP contribution >= 0.6 is 15.6 Å². The first-order valence-electron chi connectivity index (χ1n) is 36.3. The molecule has 0 aromatic rings. The lowest BCUT2D eigenvalue weighted by Gasteiger charge is -2.21. The van der Waals surface area contributed by atoms with Crippen molar-refractivity contribution in [3.8, 4) is 0 Å². The molecule has 0 spiro atoms. The second-order valence-electron chi connectivity index (χ2n) is 25.9. The summed E-state index contributed by atoms with van der Waals surface area (Å²) in [5.74, 6) is -0.716. The van der Waals surface area contributed by atoms with Crippen molar-refractivity contribution in [1.82, 2.24) is 0 Å². The molecule has 19 heteroatoms. The molecule has 0 fully saturated rings. The highest BCUT2D eigenvalue weighted by atomic mass is 31.2. The molecule has 5 atom stereocenters. The van der Waals surface area contributed by atoms with E-state index < -0.39 is 97.5 Å². The molecule has 2 unspecified atom stereocenters. The van der Waals surface area contributed by atoms with Gasteiger partial charge in [-0.25, -0.2) is 9.13 Å². The predicted molar refractivity (Wildman–Crippen MR) is 363 cm³/mol.